The molecule has 1 amide bonds. The molecule has 1 heterocycles. The molecule has 0 aliphatic carbocycles. The van der Waals surface area contributed by atoms with Crippen LogP contribution >= 0.6 is 24.0 Å². The van der Waals surface area contributed by atoms with Crippen molar-refractivity contribution < 1.29 is 13.6 Å². The second kappa shape index (κ2) is 12.9. The standard InChI is InChI=1S/C20H31F2N5O.HI/c1-4-18(16-8-7-15(21)13-17(16)22)26-9-11-27(12-10-26)20(24-6-3)25-14-19(28)23-5-2;/h7-8,13,18H,4-6,9-12,14H2,1-3H3,(H,23,28)(H,24,25);1H. The third-order valence-corrected chi connectivity index (χ3v) is 4.84. The Morgan fingerprint density at radius 2 is 1.76 bits per heavy atom. The lowest BCUT2D eigenvalue weighted by Crippen LogP contribution is -2.53. The highest BCUT2D eigenvalue weighted by atomic mass is 127. The van der Waals surface area contributed by atoms with Gasteiger partial charge in [0.25, 0.3) is 0 Å². The van der Waals surface area contributed by atoms with E-state index in [2.05, 4.69) is 25.4 Å². The number of hydrogen-bond acceptors (Lipinski definition) is 3. The summed E-state index contributed by atoms with van der Waals surface area (Å²) in [5, 5.41) is 5.97. The topological polar surface area (TPSA) is 60.0 Å². The van der Waals surface area contributed by atoms with E-state index in [0.29, 0.717) is 18.7 Å². The van der Waals surface area contributed by atoms with Gasteiger partial charge in [0.2, 0.25) is 5.91 Å². The average Bonchev–Trinajstić information content (AvgIpc) is 2.68. The van der Waals surface area contributed by atoms with E-state index in [1.807, 2.05) is 20.8 Å². The average molecular weight is 523 g/mol. The Hall–Kier alpha value is -1.49. The maximum Gasteiger partial charge on any atom is 0.241 e. The summed E-state index contributed by atoms with van der Waals surface area (Å²) >= 11 is 0. The van der Waals surface area contributed by atoms with E-state index >= 15 is 0 Å². The molecule has 1 aromatic rings. The summed E-state index contributed by atoms with van der Waals surface area (Å²) < 4.78 is 27.5. The minimum Gasteiger partial charge on any atom is -0.357 e. The number of hydrogen-bond donors (Lipinski definition) is 2. The number of nitrogens with zero attached hydrogens (tertiary/aromatic N) is 3. The molecular formula is C20H32F2IN5O. The third-order valence-electron chi connectivity index (χ3n) is 4.84. The summed E-state index contributed by atoms with van der Waals surface area (Å²) in [7, 11) is 0. The van der Waals surface area contributed by atoms with E-state index in [0.717, 1.165) is 44.6 Å². The van der Waals surface area contributed by atoms with Crippen LogP contribution in [0.15, 0.2) is 23.2 Å². The number of benzene rings is 1. The first-order chi connectivity index (χ1) is 13.5. The predicted octanol–water partition coefficient (Wildman–Crippen LogP) is 2.75. The Bertz CT molecular complexity index is 681. The van der Waals surface area contributed by atoms with Crippen molar-refractivity contribution in [1.29, 1.82) is 0 Å². The number of piperazine rings is 1. The van der Waals surface area contributed by atoms with Crippen LogP contribution in [0.2, 0.25) is 0 Å². The van der Waals surface area contributed by atoms with Crippen LogP contribution in [-0.4, -0.2) is 67.5 Å². The van der Waals surface area contributed by atoms with Crippen LogP contribution in [0.3, 0.4) is 0 Å². The van der Waals surface area contributed by atoms with E-state index < -0.39 is 11.6 Å². The van der Waals surface area contributed by atoms with Gasteiger partial charge in [-0.05, 0) is 26.3 Å². The highest BCUT2D eigenvalue weighted by Crippen LogP contribution is 2.28. The first-order valence-corrected chi connectivity index (χ1v) is 9.99. The monoisotopic (exact) mass is 523 g/mol. The van der Waals surface area contributed by atoms with Gasteiger partial charge in [0.1, 0.15) is 18.2 Å². The largest absolute Gasteiger partial charge is 0.357 e. The molecule has 1 aliphatic heterocycles. The molecule has 0 aromatic heterocycles. The second-order valence-corrected chi connectivity index (χ2v) is 6.74. The Labute approximate surface area is 189 Å². The van der Waals surface area contributed by atoms with Crippen LogP contribution in [-0.2, 0) is 4.79 Å². The number of carbonyl (C=O) groups excluding carboxylic acids is 1. The van der Waals surface area contributed by atoms with Gasteiger partial charge < -0.3 is 15.5 Å². The van der Waals surface area contributed by atoms with Crippen LogP contribution in [0.5, 0.6) is 0 Å². The van der Waals surface area contributed by atoms with Crippen LogP contribution < -0.4 is 10.6 Å². The van der Waals surface area contributed by atoms with Crippen molar-refractivity contribution in [3.8, 4) is 0 Å². The zero-order valence-corrected chi connectivity index (χ0v) is 19.7. The number of nitrogens with one attached hydrogen (secondary N) is 2. The van der Waals surface area contributed by atoms with Crippen LogP contribution in [0.25, 0.3) is 0 Å². The molecule has 1 aromatic carbocycles. The van der Waals surface area contributed by atoms with Gasteiger partial charge >= 0.3 is 0 Å². The van der Waals surface area contributed by atoms with Crippen molar-refractivity contribution in [2.75, 3.05) is 45.8 Å². The lowest BCUT2D eigenvalue weighted by atomic mass is 10.0. The third kappa shape index (κ3) is 7.36. The Kier molecular flexibility index (Phi) is 11.4. The normalized spacial score (nSPS) is 16.2. The maximum absolute atomic E-state index is 14.2. The zero-order valence-electron chi connectivity index (χ0n) is 17.4. The molecule has 0 bridgehead atoms. The summed E-state index contributed by atoms with van der Waals surface area (Å²) in [6.07, 6.45) is 0.744. The van der Waals surface area contributed by atoms with Gasteiger partial charge in [0.15, 0.2) is 5.96 Å². The summed E-state index contributed by atoms with van der Waals surface area (Å²) in [4.78, 5) is 20.5. The molecule has 0 spiro atoms. The Balaban J connectivity index is 0.00000420. The van der Waals surface area contributed by atoms with Crippen molar-refractivity contribution in [1.82, 2.24) is 20.4 Å². The smallest absolute Gasteiger partial charge is 0.241 e. The summed E-state index contributed by atoms with van der Waals surface area (Å²) in [6.45, 7) is 10.2. The first kappa shape index (κ1) is 25.5. The predicted molar refractivity (Wildman–Crippen MR) is 123 cm³/mol. The first-order valence-electron chi connectivity index (χ1n) is 9.99. The number of aliphatic imine (C=N–C) groups is 1. The number of guanidine groups is 1. The van der Waals surface area contributed by atoms with Crippen molar-refractivity contribution >= 4 is 35.8 Å². The van der Waals surface area contributed by atoms with Gasteiger partial charge in [-0.15, -0.1) is 24.0 Å². The quantitative estimate of drug-likeness (QED) is 0.328. The molecule has 29 heavy (non-hydrogen) atoms. The van der Waals surface area contributed by atoms with Crippen LogP contribution in [0.4, 0.5) is 8.78 Å². The van der Waals surface area contributed by atoms with Gasteiger partial charge in [-0.1, -0.05) is 13.0 Å². The molecular weight excluding hydrogens is 491 g/mol. The molecule has 1 atom stereocenters. The minimum atomic E-state index is -0.556. The molecule has 1 saturated heterocycles. The zero-order chi connectivity index (χ0) is 20.5. The van der Waals surface area contributed by atoms with E-state index in [4.69, 9.17) is 0 Å². The molecule has 6 nitrogen and oxygen atoms in total. The summed E-state index contributed by atoms with van der Waals surface area (Å²) in [6, 6.07) is 3.72. The number of amides is 1. The van der Waals surface area contributed by atoms with E-state index in [-0.39, 0.29) is 42.5 Å². The van der Waals surface area contributed by atoms with Crippen molar-refractivity contribution in [2.24, 2.45) is 4.99 Å². The fraction of sp³-hybridized carbons (Fsp3) is 0.600. The number of halogens is 3. The molecule has 1 fully saturated rings. The van der Waals surface area contributed by atoms with Crippen LogP contribution in [0, 0.1) is 11.6 Å². The summed E-state index contributed by atoms with van der Waals surface area (Å²) in [5.74, 6) is -0.436. The molecule has 0 saturated carbocycles. The summed E-state index contributed by atoms with van der Waals surface area (Å²) in [5.41, 5.74) is 0.536. The van der Waals surface area contributed by atoms with Crippen LogP contribution in [0.1, 0.15) is 38.8 Å². The van der Waals surface area contributed by atoms with Gasteiger partial charge in [0, 0.05) is 56.9 Å². The van der Waals surface area contributed by atoms with Gasteiger partial charge in [-0.25, -0.2) is 13.8 Å². The molecule has 164 valence electrons. The van der Waals surface area contributed by atoms with Crippen molar-refractivity contribution in [2.45, 2.75) is 33.2 Å². The van der Waals surface area contributed by atoms with Gasteiger partial charge in [-0.2, -0.15) is 0 Å². The molecule has 1 unspecified atom stereocenters. The fourth-order valence-corrected chi connectivity index (χ4v) is 3.52. The molecule has 1 aliphatic rings. The molecule has 2 rings (SSSR count). The maximum atomic E-state index is 14.2. The van der Waals surface area contributed by atoms with Gasteiger partial charge in [0.05, 0.1) is 0 Å². The van der Waals surface area contributed by atoms with E-state index in [1.54, 1.807) is 6.07 Å². The van der Waals surface area contributed by atoms with Gasteiger partial charge in [-0.3, -0.25) is 9.69 Å². The number of rotatable bonds is 7. The van der Waals surface area contributed by atoms with Crippen molar-refractivity contribution in [3.63, 3.8) is 0 Å². The fourth-order valence-electron chi connectivity index (χ4n) is 3.52. The van der Waals surface area contributed by atoms with E-state index in [1.165, 1.54) is 6.07 Å². The SMILES string of the molecule is CCNC(=O)CN=C(NCC)N1CCN(C(CC)c2ccc(F)cc2F)CC1.I. The lowest BCUT2D eigenvalue weighted by Gasteiger charge is -2.40. The molecule has 2 N–H and O–H groups in total. The lowest BCUT2D eigenvalue weighted by molar-refractivity contribution is -0.119. The molecule has 9 heteroatoms. The Morgan fingerprint density at radius 1 is 1.10 bits per heavy atom. The Morgan fingerprint density at radius 3 is 2.31 bits per heavy atom. The second-order valence-electron chi connectivity index (χ2n) is 6.74. The van der Waals surface area contributed by atoms with Crippen molar-refractivity contribution in [3.05, 3.63) is 35.4 Å². The highest BCUT2D eigenvalue weighted by Gasteiger charge is 2.27. The number of likely N-dealkylation sites (N-methyl/N-ethyl adjacent to an activating group) is 1. The number of carbonyl (C=O) groups is 1. The highest BCUT2D eigenvalue weighted by molar-refractivity contribution is 14.0. The minimum absolute atomic E-state index is 0. The van der Waals surface area contributed by atoms with E-state index in [9.17, 15) is 13.6 Å². The molecule has 0 radical (unpaired) electrons.